The molecule has 1 aromatic rings. The van der Waals surface area contributed by atoms with Gasteiger partial charge in [-0.05, 0) is 6.92 Å². The van der Waals surface area contributed by atoms with Gasteiger partial charge in [0, 0.05) is 30.8 Å². The predicted octanol–water partition coefficient (Wildman–Crippen LogP) is 0.442. The second-order valence-corrected chi connectivity index (χ2v) is 4.37. The molecule has 96 valence electrons. The third-order valence-electron chi connectivity index (χ3n) is 2.11. The van der Waals surface area contributed by atoms with Crippen LogP contribution < -0.4 is 10.6 Å². The van der Waals surface area contributed by atoms with Gasteiger partial charge in [-0.25, -0.2) is 4.98 Å². The molecule has 1 heterocycles. The molecule has 0 amide bonds. The van der Waals surface area contributed by atoms with Crippen molar-refractivity contribution in [2.45, 2.75) is 12.7 Å². The van der Waals surface area contributed by atoms with Gasteiger partial charge in [0.1, 0.15) is 0 Å². The maximum Gasteiger partial charge on any atom is 2.00 e. The van der Waals surface area contributed by atoms with Gasteiger partial charge in [0.15, 0.2) is 6.19 Å². The molecule has 0 aromatic carbocycles. The van der Waals surface area contributed by atoms with Crippen LogP contribution in [0.1, 0.15) is 14.2 Å². The molecule has 0 atom stereocenters. The Balaban J connectivity index is -0.000000963. The Morgan fingerprint density at radius 1 is 1.72 bits per heavy atom. The maximum atomic E-state index is 8.43. The molecule has 3 N–H and O–H groups in total. The number of imidazole rings is 1. The molecule has 0 bridgehead atoms. The molecule has 6 nitrogen and oxygen atoms in total. The number of aromatic nitrogens is 2. The molecule has 0 unspecified atom stereocenters. The summed E-state index contributed by atoms with van der Waals surface area (Å²) in [5.74, 6) is 2.32. The van der Waals surface area contributed by atoms with Gasteiger partial charge in [-0.1, -0.05) is 0 Å². The van der Waals surface area contributed by atoms with Crippen molar-refractivity contribution in [2.75, 3.05) is 19.3 Å². The maximum absolute atomic E-state index is 8.43. The summed E-state index contributed by atoms with van der Waals surface area (Å²) >= 11 is 1.79. The van der Waals surface area contributed by atoms with Crippen LogP contribution in [0.5, 0.6) is 0 Å². The number of rotatable bonds is 5. The Morgan fingerprint density at radius 2 is 2.50 bits per heavy atom. The van der Waals surface area contributed by atoms with Gasteiger partial charge in [-0.2, -0.15) is 17.0 Å². The average Bonchev–Trinajstić information content (AvgIpc) is 2.73. The van der Waals surface area contributed by atoms with Crippen LogP contribution >= 0.6 is 11.8 Å². The molecule has 0 saturated carbocycles. The fourth-order valence-electron chi connectivity index (χ4n) is 1.18. The van der Waals surface area contributed by atoms with Crippen LogP contribution in [0, 0.1) is 18.4 Å². The Morgan fingerprint density at radius 3 is 3.06 bits per heavy atom. The molecule has 0 saturated heterocycles. The summed E-state index contributed by atoms with van der Waals surface area (Å²) in [7, 11) is 1.63. The van der Waals surface area contributed by atoms with Crippen molar-refractivity contribution >= 4 is 40.8 Å². The summed E-state index contributed by atoms with van der Waals surface area (Å²) in [5.41, 5.74) is 2.21. The molecule has 1 rings (SSSR count). The van der Waals surface area contributed by atoms with E-state index < -0.39 is 0 Å². The van der Waals surface area contributed by atoms with E-state index in [1.807, 2.05) is 13.1 Å². The standard InChI is InChI=1S/C10H16N6S.Mg.2H/c1-8-9(16-7-15-8)5-17-4-3-13-10(12-2)14-6-11;;;/h7H,3-5H2,1-2H3,(H,15,16)(H2,12,13,14);;;/q;+2;2*-1. The van der Waals surface area contributed by atoms with E-state index in [0.29, 0.717) is 5.96 Å². The molecular weight excluding hydrogens is 261 g/mol. The molecule has 0 aliphatic carbocycles. The minimum absolute atomic E-state index is 0. The molecule has 8 heteroatoms. The number of nitrogens with zero attached hydrogens (tertiary/aromatic N) is 3. The molecule has 0 fully saturated rings. The number of aromatic amines is 1. The Hall–Kier alpha value is -0.914. The van der Waals surface area contributed by atoms with Gasteiger partial charge in [0.25, 0.3) is 0 Å². The summed E-state index contributed by atoms with van der Waals surface area (Å²) < 4.78 is 0. The summed E-state index contributed by atoms with van der Waals surface area (Å²) in [5, 5.41) is 13.9. The van der Waals surface area contributed by atoms with Crippen molar-refractivity contribution in [1.29, 1.82) is 5.26 Å². The third-order valence-corrected chi connectivity index (χ3v) is 3.08. The van der Waals surface area contributed by atoms with Crippen LogP contribution in [0.2, 0.25) is 0 Å². The smallest absolute Gasteiger partial charge is 1.00 e. The quantitative estimate of drug-likeness (QED) is 0.182. The van der Waals surface area contributed by atoms with Crippen LogP contribution in [0.15, 0.2) is 11.3 Å². The topological polar surface area (TPSA) is 88.9 Å². The van der Waals surface area contributed by atoms with E-state index >= 15 is 0 Å². The number of thioether (sulfide) groups is 1. The van der Waals surface area contributed by atoms with Gasteiger partial charge >= 0.3 is 23.1 Å². The van der Waals surface area contributed by atoms with E-state index in [0.717, 1.165) is 29.4 Å². The Labute approximate surface area is 130 Å². The number of nitriles is 1. The normalized spacial score (nSPS) is 10.4. The molecular formula is C10H18MgN6S. The molecule has 0 radical (unpaired) electrons. The van der Waals surface area contributed by atoms with E-state index in [9.17, 15) is 0 Å². The number of guanidine groups is 1. The van der Waals surface area contributed by atoms with Gasteiger partial charge < -0.3 is 13.2 Å². The van der Waals surface area contributed by atoms with E-state index in [2.05, 4.69) is 25.6 Å². The zero-order chi connectivity index (χ0) is 12.5. The zero-order valence-electron chi connectivity index (χ0n) is 12.7. The predicted molar refractivity (Wildman–Crippen MR) is 77.6 cm³/mol. The first-order valence-corrected chi connectivity index (χ1v) is 6.35. The molecule has 1 aromatic heterocycles. The SMILES string of the molecule is CN=C(NC#N)NCCSCc1nc[nH]c1C.[H-].[H-].[Mg+2]. The summed E-state index contributed by atoms with van der Waals surface area (Å²) in [4.78, 5) is 11.2. The van der Waals surface area contributed by atoms with Gasteiger partial charge in [-0.15, -0.1) is 0 Å². The number of hydrogen-bond acceptors (Lipinski definition) is 4. The number of aliphatic imine (C=N–C) groups is 1. The first kappa shape index (κ1) is 17.1. The molecule has 18 heavy (non-hydrogen) atoms. The van der Waals surface area contributed by atoms with Crippen LogP contribution in [0.4, 0.5) is 0 Å². The van der Waals surface area contributed by atoms with Crippen molar-refractivity contribution in [3.63, 3.8) is 0 Å². The number of hydrogen-bond donors (Lipinski definition) is 3. The van der Waals surface area contributed by atoms with E-state index in [4.69, 9.17) is 5.26 Å². The number of nitrogens with one attached hydrogen (secondary N) is 3. The fraction of sp³-hybridized carbons (Fsp3) is 0.500. The summed E-state index contributed by atoms with van der Waals surface area (Å²) in [6.07, 6.45) is 3.54. The van der Waals surface area contributed by atoms with Crippen molar-refractivity contribution in [3.8, 4) is 6.19 Å². The van der Waals surface area contributed by atoms with Crippen molar-refractivity contribution in [2.24, 2.45) is 4.99 Å². The van der Waals surface area contributed by atoms with Crippen molar-refractivity contribution in [1.82, 2.24) is 20.6 Å². The van der Waals surface area contributed by atoms with E-state index in [1.54, 1.807) is 25.1 Å². The minimum Gasteiger partial charge on any atom is -1.00 e. The summed E-state index contributed by atoms with van der Waals surface area (Å²) in [6.45, 7) is 2.77. The van der Waals surface area contributed by atoms with Crippen molar-refractivity contribution in [3.05, 3.63) is 17.7 Å². The fourth-order valence-corrected chi connectivity index (χ4v) is 2.05. The Kier molecular flexibility index (Phi) is 9.54. The third kappa shape index (κ3) is 6.14. The van der Waals surface area contributed by atoms with Crippen molar-refractivity contribution < 1.29 is 2.85 Å². The zero-order valence-corrected chi connectivity index (χ0v) is 12.9. The first-order chi connectivity index (χ1) is 8.27. The summed E-state index contributed by atoms with van der Waals surface area (Å²) in [6, 6.07) is 0. The van der Waals surface area contributed by atoms with Gasteiger partial charge in [0.05, 0.1) is 12.0 Å². The second kappa shape index (κ2) is 10.1. The number of H-pyrrole nitrogens is 1. The largest absolute Gasteiger partial charge is 2.00 e. The van der Waals surface area contributed by atoms with E-state index in [1.165, 1.54) is 0 Å². The van der Waals surface area contributed by atoms with Gasteiger partial charge in [-0.3, -0.25) is 10.3 Å². The van der Waals surface area contributed by atoms with Gasteiger partial charge in [0.2, 0.25) is 5.96 Å². The van der Waals surface area contributed by atoms with Crippen LogP contribution in [-0.4, -0.2) is 58.3 Å². The monoisotopic (exact) mass is 278 g/mol. The van der Waals surface area contributed by atoms with Crippen LogP contribution in [0.3, 0.4) is 0 Å². The molecule has 0 aliphatic heterocycles. The average molecular weight is 279 g/mol. The van der Waals surface area contributed by atoms with E-state index in [-0.39, 0.29) is 25.9 Å². The minimum atomic E-state index is 0. The number of aryl methyl sites for hydroxylation is 1. The first-order valence-electron chi connectivity index (χ1n) is 5.20. The molecule has 0 aliphatic rings. The van der Waals surface area contributed by atoms with Crippen LogP contribution in [0.25, 0.3) is 0 Å². The second-order valence-electron chi connectivity index (χ2n) is 3.26. The Bertz CT molecular complexity index is 420. The molecule has 0 spiro atoms. The van der Waals surface area contributed by atoms with Crippen LogP contribution in [-0.2, 0) is 5.75 Å².